The first-order valence-corrected chi connectivity index (χ1v) is 6.30. The average molecular weight is 232 g/mol. The van der Waals surface area contributed by atoms with Crippen LogP contribution in [0.2, 0.25) is 0 Å². The highest BCUT2D eigenvalue weighted by molar-refractivity contribution is 5.96. The lowest BCUT2D eigenvalue weighted by Crippen LogP contribution is -2.32. The van der Waals surface area contributed by atoms with Gasteiger partial charge in [0.1, 0.15) is 0 Å². The van der Waals surface area contributed by atoms with Crippen LogP contribution in [0, 0.1) is 5.92 Å². The third-order valence-electron chi connectivity index (χ3n) is 3.70. The zero-order valence-corrected chi connectivity index (χ0v) is 10.5. The van der Waals surface area contributed by atoms with Gasteiger partial charge in [-0.15, -0.1) is 0 Å². The van der Waals surface area contributed by atoms with E-state index in [2.05, 4.69) is 25.2 Å². The smallest absolute Gasteiger partial charge is 0.251 e. The van der Waals surface area contributed by atoms with E-state index in [0.717, 1.165) is 36.1 Å². The topological polar surface area (TPSA) is 55.1 Å². The van der Waals surface area contributed by atoms with Crippen LogP contribution in [0.1, 0.15) is 47.8 Å². The number of hydrogen-bond donors (Lipinski definition) is 2. The summed E-state index contributed by atoms with van der Waals surface area (Å²) < 4.78 is 0. The number of nitrogens with one attached hydrogen (secondary N) is 1. The number of hydrogen-bond acceptors (Lipinski definition) is 2. The standard InChI is InChI=1S/C14H20N2O/c1-3-9(2)13(15)11-5-4-10-6-7-16-14(17)12(10)8-11/h4-5,8-9,13H,3,6-7,15H2,1-2H3,(H,16,17). The lowest BCUT2D eigenvalue weighted by atomic mass is 9.89. The Hall–Kier alpha value is -1.35. The van der Waals surface area contributed by atoms with Crippen LogP contribution in [0.15, 0.2) is 18.2 Å². The second-order valence-electron chi connectivity index (χ2n) is 4.83. The van der Waals surface area contributed by atoms with Crippen molar-refractivity contribution < 1.29 is 4.79 Å². The lowest BCUT2D eigenvalue weighted by molar-refractivity contribution is 0.0946. The summed E-state index contributed by atoms with van der Waals surface area (Å²) in [5.74, 6) is 0.462. The number of benzene rings is 1. The normalized spacial score (nSPS) is 18.2. The fourth-order valence-electron chi connectivity index (χ4n) is 2.22. The summed E-state index contributed by atoms with van der Waals surface area (Å²) in [6, 6.07) is 6.08. The van der Waals surface area contributed by atoms with Crippen molar-refractivity contribution in [3.05, 3.63) is 34.9 Å². The van der Waals surface area contributed by atoms with Crippen molar-refractivity contribution in [1.82, 2.24) is 5.32 Å². The summed E-state index contributed by atoms with van der Waals surface area (Å²) in [6.45, 7) is 5.02. The maximum absolute atomic E-state index is 11.7. The van der Waals surface area contributed by atoms with E-state index in [-0.39, 0.29) is 11.9 Å². The minimum Gasteiger partial charge on any atom is -0.352 e. The van der Waals surface area contributed by atoms with Crippen molar-refractivity contribution in [2.24, 2.45) is 11.7 Å². The van der Waals surface area contributed by atoms with Gasteiger partial charge in [-0.1, -0.05) is 32.4 Å². The zero-order chi connectivity index (χ0) is 12.4. The highest BCUT2D eigenvalue weighted by Crippen LogP contribution is 2.25. The predicted octanol–water partition coefficient (Wildman–Crippen LogP) is 2.02. The van der Waals surface area contributed by atoms with Crippen LogP contribution in [0.4, 0.5) is 0 Å². The van der Waals surface area contributed by atoms with Gasteiger partial charge in [-0.2, -0.15) is 0 Å². The molecular formula is C14H20N2O. The van der Waals surface area contributed by atoms with E-state index < -0.39 is 0 Å². The minimum absolute atomic E-state index is 0.0139. The van der Waals surface area contributed by atoms with Crippen molar-refractivity contribution in [2.75, 3.05) is 6.54 Å². The van der Waals surface area contributed by atoms with Crippen LogP contribution >= 0.6 is 0 Å². The van der Waals surface area contributed by atoms with E-state index >= 15 is 0 Å². The molecule has 1 aliphatic rings. The molecule has 0 bridgehead atoms. The molecule has 1 heterocycles. The first kappa shape index (κ1) is 12.1. The molecule has 0 aromatic heterocycles. The largest absolute Gasteiger partial charge is 0.352 e. The van der Waals surface area contributed by atoms with E-state index in [9.17, 15) is 4.79 Å². The Morgan fingerprint density at radius 2 is 2.24 bits per heavy atom. The van der Waals surface area contributed by atoms with Crippen LogP contribution in [0.3, 0.4) is 0 Å². The molecule has 0 saturated carbocycles. The first-order valence-electron chi connectivity index (χ1n) is 6.30. The number of carbonyl (C=O) groups excluding carboxylic acids is 1. The maximum atomic E-state index is 11.7. The Bertz CT molecular complexity index is 428. The van der Waals surface area contributed by atoms with Gasteiger partial charge in [0.25, 0.3) is 5.91 Å². The number of rotatable bonds is 3. The molecule has 1 amide bonds. The Labute approximate surface area is 102 Å². The van der Waals surface area contributed by atoms with Gasteiger partial charge in [0.05, 0.1) is 0 Å². The molecule has 3 nitrogen and oxygen atoms in total. The van der Waals surface area contributed by atoms with Gasteiger partial charge in [-0.3, -0.25) is 4.79 Å². The lowest BCUT2D eigenvalue weighted by Gasteiger charge is -2.22. The molecule has 3 heteroatoms. The zero-order valence-electron chi connectivity index (χ0n) is 10.5. The second kappa shape index (κ2) is 4.88. The predicted molar refractivity (Wildman–Crippen MR) is 68.9 cm³/mol. The van der Waals surface area contributed by atoms with Gasteiger partial charge in [-0.05, 0) is 29.5 Å². The molecule has 1 aliphatic heterocycles. The van der Waals surface area contributed by atoms with Gasteiger partial charge < -0.3 is 11.1 Å². The highest BCUT2D eigenvalue weighted by atomic mass is 16.1. The molecule has 1 aromatic rings. The summed E-state index contributed by atoms with van der Waals surface area (Å²) in [5, 5.41) is 2.87. The fraction of sp³-hybridized carbons (Fsp3) is 0.500. The fourth-order valence-corrected chi connectivity index (χ4v) is 2.22. The summed E-state index contributed by atoms with van der Waals surface area (Å²) >= 11 is 0. The Kier molecular flexibility index (Phi) is 3.48. The maximum Gasteiger partial charge on any atom is 0.251 e. The van der Waals surface area contributed by atoms with Crippen LogP contribution in [-0.2, 0) is 6.42 Å². The molecule has 3 N–H and O–H groups in total. The SMILES string of the molecule is CCC(C)C(N)c1ccc2c(c1)C(=O)NCC2. The monoisotopic (exact) mass is 232 g/mol. The van der Waals surface area contributed by atoms with Crippen LogP contribution in [-0.4, -0.2) is 12.5 Å². The molecule has 2 rings (SSSR count). The van der Waals surface area contributed by atoms with Crippen molar-refractivity contribution in [3.63, 3.8) is 0 Å². The number of carbonyl (C=O) groups is 1. The minimum atomic E-state index is 0.0139. The molecule has 92 valence electrons. The molecule has 0 saturated heterocycles. The highest BCUT2D eigenvalue weighted by Gasteiger charge is 2.19. The van der Waals surface area contributed by atoms with Crippen LogP contribution in [0.5, 0.6) is 0 Å². The third-order valence-corrected chi connectivity index (χ3v) is 3.70. The Morgan fingerprint density at radius 3 is 2.94 bits per heavy atom. The van der Waals surface area contributed by atoms with E-state index in [1.807, 2.05) is 12.1 Å². The molecule has 2 atom stereocenters. The molecule has 0 aliphatic carbocycles. The second-order valence-corrected chi connectivity index (χ2v) is 4.83. The van der Waals surface area contributed by atoms with E-state index in [1.54, 1.807) is 0 Å². The average Bonchev–Trinajstić information content (AvgIpc) is 2.37. The molecule has 0 fully saturated rings. The molecular weight excluding hydrogens is 212 g/mol. The van der Waals surface area contributed by atoms with E-state index in [0.29, 0.717) is 5.92 Å². The van der Waals surface area contributed by atoms with Crippen molar-refractivity contribution >= 4 is 5.91 Å². The van der Waals surface area contributed by atoms with Gasteiger partial charge in [-0.25, -0.2) is 0 Å². The van der Waals surface area contributed by atoms with Crippen LogP contribution in [0.25, 0.3) is 0 Å². The van der Waals surface area contributed by atoms with Gasteiger partial charge in [0.2, 0.25) is 0 Å². The third kappa shape index (κ3) is 2.34. The number of nitrogens with two attached hydrogens (primary N) is 1. The molecule has 17 heavy (non-hydrogen) atoms. The van der Waals surface area contributed by atoms with Crippen molar-refractivity contribution in [3.8, 4) is 0 Å². The number of fused-ring (bicyclic) bond motifs is 1. The van der Waals surface area contributed by atoms with Crippen molar-refractivity contribution in [2.45, 2.75) is 32.7 Å². The summed E-state index contributed by atoms with van der Waals surface area (Å²) in [6.07, 6.45) is 1.96. The van der Waals surface area contributed by atoms with E-state index in [1.165, 1.54) is 0 Å². The molecule has 0 radical (unpaired) electrons. The van der Waals surface area contributed by atoms with Gasteiger partial charge >= 0.3 is 0 Å². The molecule has 1 aromatic carbocycles. The Morgan fingerprint density at radius 1 is 1.47 bits per heavy atom. The quantitative estimate of drug-likeness (QED) is 0.837. The van der Waals surface area contributed by atoms with E-state index in [4.69, 9.17) is 5.73 Å². The Balaban J connectivity index is 2.32. The summed E-state index contributed by atoms with van der Waals surface area (Å²) in [4.78, 5) is 11.7. The van der Waals surface area contributed by atoms with Crippen LogP contribution < -0.4 is 11.1 Å². The summed E-state index contributed by atoms with van der Waals surface area (Å²) in [5.41, 5.74) is 9.19. The first-order chi connectivity index (χ1) is 8.13. The van der Waals surface area contributed by atoms with Gasteiger partial charge in [0.15, 0.2) is 0 Å². The van der Waals surface area contributed by atoms with Crippen molar-refractivity contribution in [1.29, 1.82) is 0 Å². The molecule has 2 unspecified atom stereocenters. The summed E-state index contributed by atoms with van der Waals surface area (Å²) in [7, 11) is 0. The van der Waals surface area contributed by atoms with Gasteiger partial charge in [0, 0.05) is 18.2 Å². The molecule has 0 spiro atoms. The number of amides is 1.